The molecule has 124 valence electrons. The number of nitro groups is 1. The van der Waals surface area contributed by atoms with Gasteiger partial charge in [-0.2, -0.15) is 0 Å². The van der Waals surface area contributed by atoms with Crippen LogP contribution >= 0.6 is 0 Å². The van der Waals surface area contributed by atoms with Crippen LogP contribution in [-0.4, -0.2) is 28.8 Å². The van der Waals surface area contributed by atoms with Crippen LogP contribution in [0.1, 0.15) is 16.7 Å². The Labute approximate surface area is 140 Å². The van der Waals surface area contributed by atoms with E-state index in [0.717, 1.165) is 19.5 Å². The summed E-state index contributed by atoms with van der Waals surface area (Å²) in [5.74, 6) is -0.155. The molecule has 1 heterocycles. The summed E-state index contributed by atoms with van der Waals surface area (Å²) in [6.07, 6.45) is 0.930. The molecule has 0 aliphatic carbocycles. The molecule has 0 fully saturated rings. The van der Waals surface area contributed by atoms with E-state index in [2.05, 4.69) is 22.3 Å². The highest BCUT2D eigenvalue weighted by atomic mass is 16.6. The van der Waals surface area contributed by atoms with E-state index in [9.17, 15) is 14.9 Å². The van der Waals surface area contributed by atoms with Crippen molar-refractivity contribution < 1.29 is 9.72 Å². The van der Waals surface area contributed by atoms with Gasteiger partial charge in [0.2, 0.25) is 5.91 Å². The number of hydrogen-bond donors (Lipinski definition) is 1. The Morgan fingerprint density at radius 3 is 2.71 bits per heavy atom. The third-order valence-electron chi connectivity index (χ3n) is 4.35. The molecule has 0 bridgehead atoms. The lowest BCUT2D eigenvalue weighted by molar-refractivity contribution is -0.385. The van der Waals surface area contributed by atoms with Crippen molar-refractivity contribution in [2.75, 3.05) is 18.4 Å². The SMILES string of the molecule is Cc1c(NC(=O)CN2CCc3ccccc3C2)cccc1[N+](=O)[O-]. The number of rotatable bonds is 4. The molecule has 2 aromatic rings. The summed E-state index contributed by atoms with van der Waals surface area (Å²) < 4.78 is 0. The van der Waals surface area contributed by atoms with Crippen LogP contribution in [0.15, 0.2) is 42.5 Å². The monoisotopic (exact) mass is 325 g/mol. The first kappa shape index (κ1) is 16.1. The van der Waals surface area contributed by atoms with Crippen LogP contribution in [0, 0.1) is 17.0 Å². The summed E-state index contributed by atoms with van der Waals surface area (Å²) in [5.41, 5.74) is 3.57. The van der Waals surface area contributed by atoms with Crippen LogP contribution in [0.5, 0.6) is 0 Å². The van der Waals surface area contributed by atoms with Gasteiger partial charge in [0.05, 0.1) is 22.7 Å². The summed E-state index contributed by atoms with van der Waals surface area (Å²) >= 11 is 0. The Balaban J connectivity index is 1.65. The highest BCUT2D eigenvalue weighted by Gasteiger charge is 2.19. The number of nitrogens with zero attached hydrogens (tertiary/aromatic N) is 2. The predicted octanol–water partition coefficient (Wildman–Crippen LogP) is 2.90. The molecule has 1 amide bonds. The molecule has 0 saturated carbocycles. The standard InChI is InChI=1S/C18H19N3O3/c1-13-16(7-4-8-17(13)21(23)24)19-18(22)12-20-10-9-14-5-2-3-6-15(14)11-20/h2-8H,9-12H2,1H3,(H,19,22). The summed E-state index contributed by atoms with van der Waals surface area (Å²) in [5, 5.41) is 13.8. The smallest absolute Gasteiger partial charge is 0.274 e. The zero-order valence-corrected chi connectivity index (χ0v) is 13.5. The molecule has 1 N–H and O–H groups in total. The van der Waals surface area contributed by atoms with Gasteiger partial charge in [-0.15, -0.1) is 0 Å². The van der Waals surface area contributed by atoms with Crippen molar-refractivity contribution in [3.05, 3.63) is 69.3 Å². The van der Waals surface area contributed by atoms with Gasteiger partial charge in [-0.1, -0.05) is 30.3 Å². The fourth-order valence-electron chi connectivity index (χ4n) is 3.04. The molecule has 3 rings (SSSR count). The van der Waals surface area contributed by atoms with Crippen LogP contribution in [0.3, 0.4) is 0 Å². The average molecular weight is 325 g/mol. The molecule has 0 radical (unpaired) electrons. The van der Waals surface area contributed by atoms with Crippen LogP contribution in [0.25, 0.3) is 0 Å². The van der Waals surface area contributed by atoms with E-state index in [1.807, 2.05) is 12.1 Å². The number of fused-ring (bicyclic) bond motifs is 1. The minimum atomic E-state index is -0.438. The van der Waals surface area contributed by atoms with Gasteiger partial charge < -0.3 is 5.32 Å². The highest BCUT2D eigenvalue weighted by molar-refractivity contribution is 5.93. The van der Waals surface area contributed by atoms with E-state index in [4.69, 9.17) is 0 Å². The lowest BCUT2D eigenvalue weighted by Gasteiger charge is -2.28. The van der Waals surface area contributed by atoms with E-state index in [1.165, 1.54) is 17.2 Å². The Bertz CT molecular complexity index is 789. The van der Waals surface area contributed by atoms with Crippen molar-refractivity contribution >= 4 is 17.3 Å². The van der Waals surface area contributed by atoms with E-state index in [-0.39, 0.29) is 18.1 Å². The van der Waals surface area contributed by atoms with Crippen LogP contribution < -0.4 is 5.32 Å². The van der Waals surface area contributed by atoms with Gasteiger partial charge in [0.15, 0.2) is 0 Å². The maximum Gasteiger partial charge on any atom is 0.274 e. The minimum Gasteiger partial charge on any atom is -0.324 e. The van der Waals surface area contributed by atoms with Crippen molar-refractivity contribution in [3.8, 4) is 0 Å². The quantitative estimate of drug-likeness (QED) is 0.693. The maximum absolute atomic E-state index is 12.3. The summed E-state index contributed by atoms with van der Waals surface area (Å²) in [4.78, 5) is 24.9. The molecule has 0 saturated heterocycles. The Hall–Kier alpha value is -2.73. The zero-order chi connectivity index (χ0) is 17.1. The van der Waals surface area contributed by atoms with Crippen LogP contribution in [0.2, 0.25) is 0 Å². The largest absolute Gasteiger partial charge is 0.324 e. The number of nitrogens with one attached hydrogen (secondary N) is 1. The third-order valence-corrected chi connectivity index (χ3v) is 4.35. The van der Waals surface area contributed by atoms with E-state index >= 15 is 0 Å². The molecular weight excluding hydrogens is 306 g/mol. The molecule has 0 atom stereocenters. The minimum absolute atomic E-state index is 0.0136. The van der Waals surface area contributed by atoms with Crippen molar-refractivity contribution in [3.63, 3.8) is 0 Å². The van der Waals surface area contributed by atoms with Gasteiger partial charge in [0.1, 0.15) is 0 Å². The molecule has 0 spiro atoms. The second-order valence-corrected chi connectivity index (χ2v) is 5.98. The van der Waals surface area contributed by atoms with Gasteiger partial charge in [-0.05, 0) is 30.5 Å². The first-order valence-corrected chi connectivity index (χ1v) is 7.87. The topological polar surface area (TPSA) is 75.5 Å². The molecular formula is C18H19N3O3. The molecule has 1 aliphatic heterocycles. The number of hydrogen-bond acceptors (Lipinski definition) is 4. The molecule has 6 nitrogen and oxygen atoms in total. The summed E-state index contributed by atoms with van der Waals surface area (Å²) in [6, 6.07) is 13.0. The summed E-state index contributed by atoms with van der Waals surface area (Å²) in [7, 11) is 0. The van der Waals surface area contributed by atoms with Crippen molar-refractivity contribution in [1.82, 2.24) is 4.90 Å². The Kier molecular flexibility index (Phi) is 4.57. The van der Waals surface area contributed by atoms with Crippen LogP contribution in [0.4, 0.5) is 11.4 Å². The van der Waals surface area contributed by atoms with E-state index in [1.54, 1.807) is 19.1 Å². The lowest BCUT2D eigenvalue weighted by Crippen LogP contribution is -2.37. The second-order valence-electron chi connectivity index (χ2n) is 5.98. The average Bonchev–Trinajstić information content (AvgIpc) is 2.56. The summed E-state index contributed by atoms with van der Waals surface area (Å²) in [6.45, 7) is 3.50. The number of amides is 1. The zero-order valence-electron chi connectivity index (χ0n) is 13.5. The Morgan fingerprint density at radius 1 is 1.21 bits per heavy atom. The number of carbonyl (C=O) groups is 1. The molecule has 0 unspecified atom stereocenters. The van der Waals surface area contributed by atoms with Gasteiger partial charge in [-0.3, -0.25) is 19.8 Å². The fraction of sp³-hybridized carbons (Fsp3) is 0.278. The van der Waals surface area contributed by atoms with Crippen molar-refractivity contribution in [1.29, 1.82) is 0 Å². The predicted molar refractivity (Wildman–Crippen MR) is 91.9 cm³/mol. The van der Waals surface area contributed by atoms with Gasteiger partial charge >= 0.3 is 0 Å². The van der Waals surface area contributed by atoms with Crippen molar-refractivity contribution in [2.24, 2.45) is 0 Å². The molecule has 24 heavy (non-hydrogen) atoms. The van der Waals surface area contributed by atoms with Gasteiger partial charge in [-0.25, -0.2) is 0 Å². The number of nitro benzene ring substituents is 1. The molecule has 0 aromatic heterocycles. The number of carbonyl (C=O) groups excluding carboxylic acids is 1. The molecule has 2 aromatic carbocycles. The first-order chi connectivity index (χ1) is 11.5. The van der Waals surface area contributed by atoms with Crippen molar-refractivity contribution in [2.45, 2.75) is 19.9 Å². The van der Waals surface area contributed by atoms with Gasteiger partial charge in [0.25, 0.3) is 5.69 Å². The molecule has 6 heteroatoms. The number of anilines is 1. The Morgan fingerprint density at radius 2 is 1.96 bits per heavy atom. The third kappa shape index (κ3) is 3.44. The fourth-order valence-corrected chi connectivity index (χ4v) is 3.04. The van der Waals surface area contributed by atoms with Gasteiger partial charge in [0, 0.05) is 19.2 Å². The second kappa shape index (κ2) is 6.80. The normalized spacial score (nSPS) is 14.0. The maximum atomic E-state index is 12.3. The highest BCUT2D eigenvalue weighted by Crippen LogP contribution is 2.25. The number of benzene rings is 2. The van der Waals surface area contributed by atoms with Crippen LogP contribution in [-0.2, 0) is 17.8 Å². The lowest BCUT2D eigenvalue weighted by atomic mass is 10.00. The van der Waals surface area contributed by atoms with E-state index < -0.39 is 4.92 Å². The van der Waals surface area contributed by atoms with E-state index in [0.29, 0.717) is 11.3 Å². The first-order valence-electron chi connectivity index (χ1n) is 7.87. The molecule has 1 aliphatic rings.